The van der Waals surface area contributed by atoms with Crippen molar-refractivity contribution >= 4 is 40.5 Å². The van der Waals surface area contributed by atoms with E-state index >= 15 is 0 Å². The lowest BCUT2D eigenvalue weighted by atomic mass is 10.1. The van der Waals surface area contributed by atoms with Gasteiger partial charge in [-0.1, -0.05) is 47.5 Å². The average Bonchev–Trinajstić information content (AvgIpc) is 2.75. The highest BCUT2D eigenvalue weighted by Gasteiger charge is 2.11. The Morgan fingerprint density at radius 2 is 1.67 bits per heavy atom. The first-order chi connectivity index (χ1) is 14.5. The fourth-order valence-corrected chi connectivity index (χ4v) is 3.19. The largest absolute Gasteiger partial charge is 0.493 e. The minimum absolute atomic E-state index is 0.166. The molecule has 30 heavy (non-hydrogen) atoms. The van der Waals surface area contributed by atoms with Crippen molar-refractivity contribution < 1.29 is 14.3 Å². The molecule has 0 aliphatic carbocycles. The molecule has 0 aliphatic heterocycles. The second kappa shape index (κ2) is 10.2. The molecule has 0 fully saturated rings. The van der Waals surface area contributed by atoms with E-state index in [9.17, 15) is 4.79 Å². The third kappa shape index (κ3) is 5.59. The van der Waals surface area contributed by atoms with Crippen LogP contribution in [0.2, 0.25) is 10.0 Å². The summed E-state index contributed by atoms with van der Waals surface area (Å²) in [4.78, 5) is 12.2. The lowest BCUT2D eigenvalue weighted by molar-refractivity contribution is -0.118. The zero-order valence-corrected chi connectivity index (χ0v) is 18.2. The maximum absolute atomic E-state index is 12.2. The number of nitrogens with one attached hydrogen (secondary N) is 2. The number of amides is 1. The van der Waals surface area contributed by atoms with Crippen LogP contribution < -0.4 is 20.1 Å². The van der Waals surface area contributed by atoms with Gasteiger partial charge >= 0.3 is 0 Å². The molecule has 0 aliphatic rings. The van der Waals surface area contributed by atoms with Crippen LogP contribution in [-0.4, -0.2) is 19.6 Å². The summed E-state index contributed by atoms with van der Waals surface area (Å²) in [7, 11) is 1.56. The van der Waals surface area contributed by atoms with E-state index < -0.39 is 0 Å². The van der Waals surface area contributed by atoms with Crippen molar-refractivity contribution in [2.75, 3.05) is 24.4 Å². The van der Waals surface area contributed by atoms with Crippen LogP contribution in [0.4, 0.5) is 11.4 Å². The highest BCUT2D eigenvalue weighted by atomic mass is 35.5. The Morgan fingerprint density at radius 3 is 2.43 bits per heavy atom. The maximum Gasteiger partial charge on any atom is 0.262 e. The minimum atomic E-state index is -0.313. The number of carbonyl (C=O) groups excluding carboxylic acids is 1. The second-order valence-electron chi connectivity index (χ2n) is 6.57. The molecule has 0 unspecified atom stereocenters. The SMILES string of the molecule is COc1cc(CNc2cccc(Cl)c2C)ccc1OCC(=O)Nc1ccccc1Cl. The molecule has 1 amide bonds. The monoisotopic (exact) mass is 444 g/mol. The lowest BCUT2D eigenvalue weighted by Crippen LogP contribution is -2.20. The van der Waals surface area contributed by atoms with E-state index in [0.717, 1.165) is 21.8 Å². The Morgan fingerprint density at radius 1 is 0.933 bits per heavy atom. The van der Waals surface area contributed by atoms with Crippen LogP contribution in [0.25, 0.3) is 0 Å². The van der Waals surface area contributed by atoms with Gasteiger partial charge in [0, 0.05) is 17.3 Å². The fourth-order valence-electron chi connectivity index (χ4n) is 2.83. The first-order valence-corrected chi connectivity index (χ1v) is 10.1. The van der Waals surface area contributed by atoms with E-state index in [1.54, 1.807) is 37.4 Å². The molecular weight excluding hydrogens is 423 g/mol. The Hall–Kier alpha value is -2.89. The predicted octanol–water partition coefficient (Wildman–Crippen LogP) is 5.94. The number of hydrogen-bond donors (Lipinski definition) is 2. The predicted molar refractivity (Wildman–Crippen MR) is 122 cm³/mol. The van der Waals surface area contributed by atoms with Gasteiger partial charge < -0.3 is 20.1 Å². The molecule has 3 rings (SSSR count). The van der Waals surface area contributed by atoms with Crippen LogP contribution in [0, 0.1) is 6.92 Å². The summed E-state index contributed by atoms with van der Waals surface area (Å²) in [6, 6.07) is 18.3. The van der Waals surface area contributed by atoms with Crippen molar-refractivity contribution in [1.82, 2.24) is 0 Å². The number of carbonyl (C=O) groups is 1. The first kappa shape index (κ1) is 21.8. The Balaban J connectivity index is 1.60. The van der Waals surface area contributed by atoms with E-state index in [4.69, 9.17) is 32.7 Å². The summed E-state index contributed by atoms with van der Waals surface area (Å²) < 4.78 is 11.1. The van der Waals surface area contributed by atoms with E-state index in [1.807, 2.05) is 37.3 Å². The summed E-state index contributed by atoms with van der Waals surface area (Å²) in [6.45, 7) is 2.39. The van der Waals surface area contributed by atoms with Crippen molar-refractivity contribution in [2.24, 2.45) is 0 Å². The molecule has 7 heteroatoms. The normalized spacial score (nSPS) is 10.4. The van der Waals surface area contributed by atoms with Gasteiger partial charge in [-0.2, -0.15) is 0 Å². The summed E-state index contributed by atoms with van der Waals surface area (Å²) >= 11 is 12.2. The van der Waals surface area contributed by atoms with Crippen LogP contribution in [0.15, 0.2) is 60.7 Å². The van der Waals surface area contributed by atoms with Gasteiger partial charge in [0.05, 0.1) is 17.8 Å². The summed E-state index contributed by atoms with van der Waals surface area (Å²) in [6.07, 6.45) is 0. The minimum Gasteiger partial charge on any atom is -0.493 e. The number of para-hydroxylation sites is 1. The quantitative estimate of drug-likeness (QED) is 0.451. The Labute approximate surface area is 185 Å². The number of halogens is 2. The lowest BCUT2D eigenvalue weighted by Gasteiger charge is -2.14. The first-order valence-electron chi connectivity index (χ1n) is 9.31. The van der Waals surface area contributed by atoms with Gasteiger partial charge in [-0.05, 0) is 54.4 Å². The van der Waals surface area contributed by atoms with Gasteiger partial charge in [0.15, 0.2) is 18.1 Å². The van der Waals surface area contributed by atoms with Gasteiger partial charge in [0.2, 0.25) is 0 Å². The van der Waals surface area contributed by atoms with E-state index in [2.05, 4.69) is 10.6 Å². The highest BCUT2D eigenvalue weighted by Crippen LogP contribution is 2.29. The summed E-state index contributed by atoms with van der Waals surface area (Å²) in [5, 5.41) is 7.27. The number of methoxy groups -OCH3 is 1. The van der Waals surface area contributed by atoms with E-state index in [0.29, 0.717) is 28.8 Å². The number of benzene rings is 3. The van der Waals surface area contributed by atoms with E-state index in [1.165, 1.54) is 0 Å². The number of rotatable bonds is 8. The molecule has 0 saturated heterocycles. The molecule has 0 radical (unpaired) electrons. The maximum atomic E-state index is 12.2. The molecule has 0 aromatic heterocycles. The molecule has 0 bridgehead atoms. The topological polar surface area (TPSA) is 59.6 Å². The number of anilines is 2. The van der Waals surface area contributed by atoms with Crippen molar-refractivity contribution in [3.63, 3.8) is 0 Å². The van der Waals surface area contributed by atoms with Crippen molar-refractivity contribution in [2.45, 2.75) is 13.5 Å². The molecule has 2 N–H and O–H groups in total. The van der Waals surface area contributed by atoms with Crippen molar-refractivity contribution in [3.05, 3.63) is 81.8 Å². The standard InChI is InChI=1S/C23H22Cl2N2O3/c1-15-17(24)7-5-9-19(15)26-13-16-10-11-21(22(12-16)29-2)30-14-23(28)27-20-8-4-3-6-18(20)25/h3-12,26H,13-14H2,1-2H3,(H,27,28). The average molecular weight is 445 g/mol. The molecule has 0 saturated carbocycles. The second-order valence-corrected chi connectivity index (χ2v) is 7.38. The molecule has 0 atom stereocenters. The van der Waals surface area contributed by atoms with Gasteiger partial charge in [-0.25, -0.2) is 0 Å². The van der Waals surface area contributed by atoms with Crippen LogP contribution in [-0.2, 0) is 11.3 Å². The molecule has 0 heterocycles. The Kier molecular flexibility index (Phi) is 7.44. The van der Waals surface area contributed by atoms with Gasteiger partial charge in [0.25, 0.3) is 5.91 Å². The number of hydrogen-bond acceptors (Lipinski definition) is 4. The molecule has 5 nitrogen and oxygen atoms in total. The van der Waals surface area contributed by atoms with Gasteiger partial charge in [0.1, 0.15) is 0 Å². The van der Waals surface area contributed by atoms with E-state index in [-0.39, 0.29) is 12.5 Å². The van der Waals surface area contributed by atoms with Crippen LogP contribution in [0.5, 0.6) is 11.5 Å². The fraction of sp³-hybridized carbons (Fsp3) is 0.174. The zero-order chi connectivity index (χ0) is 21.5. The number of ether oxygens (including phenoxy) is 2. The van der Waals surface area contributed by atoms with Crippen molar-refractivity contribution in [3.8, 4) is 11.5 Å². The molecule has 156 valence electrons. The van der Waals surface area contributed by atoms with Gasteiger partial charge in [-0.3, -0.25) is 4.79 Å². The van der Waals surface area contributed by atoms with Gasteiger partial charge in [-0.15, -0.1) is 0 Å². The summed E-state index contributed by atoms with van der Waals surface area (Å²) in [5.41, 5.74) is 3.50. The van der Waals surface area contributed by atoms with Crippen molar-refractivity contribution in [1.29, 1.82) is 0 Å². The summed E-state index contributed by atoms with van der Waals surface area (Å²) in [5.74, 6) is 0.712. The molecule has 0 spiro atoms. The van der Waals surface area contributed by atoms with Crippen LogP contribution in [0.3, 0.4) is 0 Å². The smallest absolute Gasteiger partial charge is 0.262 e. The molecular formula is C23H22Cl2N2O3. The third-order valence-corrected chi connectivity index (χ3v) is 5.22. The molecule has 3 aromatic rings. The van der Waals surface area contributed by atoms with Crippen LogP contribution in [0.1, 0.15) is 11.1 Å². The van der Waals surface area contributed by atoms with Crippen LogP contribution >= 0.6 is 23.2 Å². The third-order valence-electron chi connectivity index (χ3n) is 4.49. The highest BCUT2D eigenvalue weighted by molar-refractivity contribution is 6.33. The zero-order valence-electron chi connectivity index (χ0n) is 16.7. The molecule has 3 aromatic carbocycles. The Bertz CT molecular complexity index is 1040.